The Kier molecular flexibility index (Phi) is 14.3. The quantitative estimate of drug-likeness (QED) is 0.0951. The lowest BCUT2D eigenvalue weighted by Crippen LogP contribution is -2.30. The van der Waals surface area contributed by atoms with Gasteiger partial charge in [-0.25, -0.2) is 0 Å². The first kappa shape index (κ1) is 55.5. The van der Waals surface area contributed by atoms with Crippen LogP contribution in [0.2, 0.25) is 0 Å². The molecule has 0 aliphatic heterocycles. The van der Waals surface area contributed by atoms with Crippen molar-refractivity contribution in [1.29, 1.82) is 0 Å². The van der Waals surface area contributed by atoms with Gasteiger partial charge in [0.1, 0.15) is 0 Å². The molecule has 2 heteroatoms. The fraction of sp³-hybridized carbons (Fsp3) is 0.0682. The van der Waals surface area contributed by atoms with E-state index in [9.17, 15) is 0 Å². The van der Waals surface area contributed by atoms with Crippen LogP contribution >= 0.6 is 0 Å². The zero-order valence-electron chi connectivity index (χ0n) is 50.9. The Labute approximate surface area is 530 Å². The number of aryl methyl sites for hydroxylation is 2. The first-order valence-corrected chi connectivity index (χ1v) is 31.4. The van der Waals surface area contributed by atoms with Crippen molar-refractivity contribution in [2.75, 3.05) is 9.80 Å². The molecule has 2 aliphatic rings. The van der Waals surface area contributed by atoms with Crippen LogP contribution in [0.4, 0.5) is 34.1 Å². The molecule has 15 rings (SSSR count). The molecular formula is C88H68N2. The molecule has 2 atom stereocenters. The summed E-state index contributed by atoms with van der Waals surface area (Å²) in [6.45, 7) is 12.4. The smallest absolute Gasteiger partial charge is 0.0504 e. The molecule has 0 bridgehead atoms. The van der Waals surface area contributed by atoms with Crippen molar-refractivity contribution < 1.29 is 0 Å². The van der Waals surface area contributed by atoms with E-state index < -0.39 is 10.8 Å². The van der Waals surface area contributed by atoms with Gasteiger partial charge in [0.2, 0.25) is 0 Å². The second kappa shape index (κ2) is 23.2. The lowest BCUT2D eigenvalue weighted by Gasteiger charge is -2.34. The summed E-state index contributed by atoms with van der Waals surface area (Å²) in [6.07, 6.45) is 5.47. The molecule has 0 saturated carbocycles. The third-order valence-electron chi connectivity index (χ3n) is 19.1. The van der Waals surface area contributed by atoms with E-state index in [0.29, 0.717) is 0 Å². The summed E-state index contributed by atoms with van der Waals surface area (Å²) >= 11 is 0. The number of para-hydroxylation sites is 2. The van der Waals surface area contributed by atoms with Crippen molar-refractivity contribution in [2.45, 2.75) is 37.5 Å². The first-order valence-electron chi connectivity index (χ1n) is 31.4. The fourth-order valence-electron chi connectivity index (χ4n) is 14.5. The standard InChI is InChI=1S/C88H68N2/c1-5-63-29-33-65(34-30-63)59-87(71-45-25-61(3)26-46-71)83-23-15-13-21-79(83)81-55-53-77(57-85(81)87)89(73-17-9-7-10-18-73)75-49-41-69(42-50-75)67-37-39-68(40-38-67)70-43-51-76(52-44-70)90(74-19-11-8-12-20-74)78-54-56-82-80-22-14-16-24-84(80)88(86(82)58-78,72-47-27-62(4)28-48-72)60-66-35-31-64(6-2)32-36-66/h5-58H,1-2,59-60H2,3-4H3. The number of nitrogens with zero attached hydrogens (tertiary/aromatic N) is 2. The van der Waals surface area contributed by atoms with Crippen LogP contribution in [0.15, 0.2) is 329 Å². The number of benzene rings is 13. The Morgan fingerprint density at radius 1 is 0.278 bits per heavy atom. The zero-order valence-corrected chi connectivity index (χ0v) is 50.9. The van der Waals surface area contributed by atoms with Crippen molar-refractivity contribution >= 4 is 46.3 Å². The highest BCUT2D eigenvalue weighted by atomic mass is 15.1. The van der Waals surface area contributed by atoms with Crippen molar-refractivity contribution in [2.24, 2.45) is 0 Å². The number of anilines is 6. The molecule has 0 spiro atoms. The van der Waals surface area contributed by atoms with Gasteiger partial charge in [-0.2, -0.15) is 0 Å². The predicted molar refractivity (Wildman–Crippen MR) is 380 cm³/mol. The minimum Gasteiger partial charge on any atom is -0.310 e. The molecule has 0 radical (unpaired) electrons. The Morgan fingerprint density at radius 3 is 0.933 bits per heavy atom. The molecule has 2 nitrogen and oxygen atoms in total. The molecule has 13 aromatic carbocycles. The summed E-state index contributed by atoms with van der Waals surface area (Å²) in [5.74, 6) is 0. The number of fused-ring (bicyclic) bond motifs is 6. The summed E-state index contributed by atoms with van der Waals surface area (Å²) in [5.41, 5.74) is 30.7. The van der Waals surface area contributed by atoms with Crippen LogP contribution in [0.5, 0.6) is 0 Å². The van der Waals surface area contributed by atoms with Gasteiger partial charge in [-0.3, -0.25) is 0 Å². The normalized spacial score (nSPS) is 15.0. The molecule has 430 valence electrons. The van der Waals surface area contributed by atoms with Gasteiger partial charge in [0.15, 0.2) is 0 Å². The second-order valence-corrected chi connectivity index (χ2v) is 24.4. The predicted octanol–water partition coefficient (Wildman–Crippen LogP) is 23.0. The van der Waals surface area contributed by atoms with E-state index >= 15 is 0 Å². The Bertz CT molecular complexity index is 4450. The monoisotopic (exact) mass is 1150 g/mol. The van der Waals surface area contributed by atoms with E-state index in [2.05, 4.69) is 352 Å². The summed E-state index contributed by atoms with van der Waals surface area (Å²) in [6, 6.07) is 117. The van der Waals surface area contributed by atoms with Crippen molar-refractivity contribution in [3.05, 3.63) is 395 Å². The Balaban J connectivity index is 0.745. The molecule has 0 amide bonds. The van der Waals surface area contributed by atoms with Crippen molar-refractivity contribution in [1.82, 2.24) is 0 Å². The number of hydrogen-bond donors (Lipinski definition) is 0. The maximum Gasteiger partial charge on any atom is 0.0504 e. The zero-order chi connectivity index (χ0) is 60.8. The molecule has 0 saturated heterocycles. The third kappa shape index (κ3) is 9.79. The van der Waals surface area contributed by atoms with E-state index in [1.54, 1.807) is 0 Å². The maximum atomic E-state index is 4.04. The van der Waals surface area contributed by atoms with Gasteiger partial charge >= 0.3 is 0 Å². The van der Waals surface area contributed by atoms with E-state index in [1.165, 1.54) is 77.9 Å². The van der Waals surface area contributed by atoms with Crippen LogP contribution in [0.25, 0.3) is 56.7 Å². The maximum absolute atomic E-state index is 4.04. The van der Waals surface area contributed by atoms with Crippen LogP contribution in [0.1, 0.15) is 66.8 Å². The molecule has 2 aliphatic carbocycles. The fourth-order valence-corrected chi connectivity index (χ4v) is 14.5. The molecule has 0 N–H and O–H groups in total. The highest BCUT2D eigenvalue weighted by Crippen LogP contribution is 2.58. The third-order valence-corrected chi connectivity index (χ3v) is 19.1. The van der Waals surface area contributed by atoms with E-state index in [1.807, 2.05) is 12.2 Å². The SMILES string of the molecule is C=Cc1ccc(CC2(c3ccc(C)cc3)c3ccccc3-c3ccc(N(c4ccccc4)c4ccc(-c5ccc(-c6ccc(N(c7ccccc7)c7ccc8c(c7)C(Cc7ccc(C=C)cc7)(c7ccc(C)cc7)c7ccccc7-8)cc6)cc5)cc4)cc32)cc1. The average molecular weight is 1150 g/mol. The van der Waals surface area contributed by atoms with Gasteiger partial charge in [0.05, 0.1) is 10.8 Å². The first-order chi connectivity index (χ1) is 44.3. The van der Waals surface area contributed by atoms with Crippen LogP contribution in [0, 0.1) is 13.8 Å². The topological polar surface area (TPSA) is 6.48 Å². The summed E-state index contributed by atoms with van der Waals surface area (Å²) in [7, 11) is 0. The van der Waals surface area contributed by atoms with Crippen molar-refractivity contribution in [3.63, 3.8) is 0 Å². The van der Waals surface area contributed by atoms with E-state index in [0.717, 1.165) is 80.3 Å². The average Bonchev–Trinajstić information content (AvgIpc) is 1.55. The molecule has 0 heterocycles. The molecular weight excluding hydrogens is 1080 g/mol. The van der Waals surface area contributed by atoms with Crippen LogP contribution in [-0.2, 0) is 23.7 Å². The summed E-state index contributed by atoms with van der Waals surface area (Å²) in [5, 5.41) is 0. The van der Waals surface area contributed by atoms with Crippen LogP contribution < -0.4 is 9.80 Å². The van der Waals surface area contributed by atoms with E-state index in [-0.39, 0.29) is 0 Å². The van der Waals surface area contributed by atoms with Gasteiger partial charge < -0.3 is 9.80 Å². The minimum absolute atomic E-state index is 0.428. The highest BCUT2D eigenvalue weighted by molar-refractivity contribution is 5.90. The molecule has 2 unspecified atom stereocenters. The number of hydrogen-bond acceptors (Lipinski definition) is 2. The second-order valence-electron chi connectivity index (χ2n) is 24.4. The molecule has 0 aromatic heterocycles. The number of rotatable bonds is 16. The Morgan fingerprint density at radius 2 is 0.578 bits per heavy atom. The largest absolute Gasteiger partial charge is 0.310 e. The van der Waals surface area contributed by atoms with Crippen molar-refractivity contribution in [3.8, 4) is 44.5 Å². The summed E-state index contributed by atoms with van der Waals surface area (Å²) in [4.78, 5) is 4.81. The van der Waals surface area contributed by atoms with Gasteiger partial charge in [-0.1, -0.05) is 279 Å². The lowest BCUT2D eigenvalue weighted by atomic mass is 9.68. The van der Waals surface area contributed by atoms with Crippen LogP contribution in [0.3, 0.4) is 0 Å². The Hall–Kier alpha value is -11.1. The van der Waals surface area contributed by atoms with E-state index in [4.69, 9.17) is 0 Å². The van der Waals surface area contributed by atoms with Gasteiger partial charge in [-0.05, 0) is 200 Å². The van der Waals surface area contributed by atoms with Gasteiger partial charge in [0, 0.05) is 34.1 Å². The van der Waals surface area contributed by atoms with Gasteiger partial charge in [0.25, 0.3) is 0 Å². The molecule has 13 aromatic rings. The summed E-state index contributed by atoms with van der Waals surface area (Å²) < 4.78 is 0. The lowest BCUT2D eigenvalue weighted by molar-refractivity contribution is 0.629. The molecule has 90 heavy (non-hydrogen) atoms. The van der Waals surface area contributed by atoms with Crippen LogP contribution in [-0.4, -0.2) is 0 Å². The highest BCUT2D eigenvalue weighted by Gasteiger charge is 2.47. The minimum atomic E-state index is -0.428. The molecule has 0 fully saturated rings. The van der Waals surface area contributed by atoms with Gasteiger partial charge in [-0.15, -0.1) is 0 Å².